The Morgan fingerprint density at radius 3 is 2.23 bits per heavy atom. The number of hydrogen-bond donors (Lipinski definition) is 0. The number of para-hydroxylation sites is 1. The second kappa shape index (κ2) is 8.60. The lowest BCUT2D eigenvalue weighted by atomic mass is 10.1. The van der Waals surface area contributed by atoms with Crippen molar-refractivity contribution in [1.29, 1.82) is 0 Å². The van der Waals surface area contributed by atoms with Crippen molar-refractivity contribution in [2.24, 2.45) is 0 Å². The molecule has 4 atom stereocenters. The molecule has 156 valence electrons. The van der Waals surface area contributed by atoms with Crippen LogP contribution in [0.5, 0.6) is 5.75 Å². The summed E-state index contributed by atoms with van der Waals surface area (Å²) in [5, 5.41) is 0. The van der Waals surface area contributed by atoms with Crippen LogP contribution in [0, 0.1) is 0 Å². The van der Waals surface area contributed by atoms with E-state index in [1.807, 2.05) is 0 Å². The van der Waals surface area contributed by atoms with Gasteiger partial charge in [-0.25, -0.2) is 9.59 Å². The van der Waals surface area contributed by atoms with Gasteiger partial charge in [-0.2, -0.15) is 0 Å². The maximum absolute atomic E-state index is 12.6. The van der Waals surface area contributed by atoms with Gasteiger partial charge in [0.15, 0.2) is 12.2 Å². The van der Waals surface area contributed by atoms with Crippen LogP contribution in [0.2, 0.25) is 0 Å². The van der Waals surface area contributed by atoms with E-state index in [1.54, 1.807) is 30.5 Å². The van der Waals surface area contributed by atoms with Gasteiger partial charge in [-0.1, -0.05) is 12.1 Å². The minimum Gasteiger partial charge on any atom is -0.453 e. The van der Waals surface area contributed by atoms with Crippen LogP contribution in [0.3, 0.4) is 0 Å². The number of rotatable bonds is 5. The lowest BCUT2D eigenvalue weighted by Crippen LogP contribution is -2.36. The molecule has 0 saturated carbocycles. The van der Waals surface area contributed by atoms with Crippen LogP contribution in [0.1, 0.15) is 27.6 Å². The second-order valence-electron chi connectivity index (χ2n) is 6.81. The fraction of sp³-hybridized carbons (Fsp3) is 0.333. The number of carbonyl (C=O) groups is 3. The summed E-state index contributed by atoms with van der Waals surface area (Å²) < 4.78 is 27.5. The molecular formula is C21H19NO8. The van der Waals surface area contributed by atoms with Crippen LogP contribution in [0.15, 0.2) is 48.8 Å². The van der Waals surface area contributed by atoms with Crippen LogP contribution >= 0.6 is 0 Å². The molecular weight excluding hydrogens is 394 g/mol. The number of fused-ring (bicyclic) bond motifs is 1. The number of nitrogens with zero attached hydrogens (tertiary/aromatic N) is 1. The lowest BCUT2D eigenvalue weighted by Gasteiger charge is -2.18. The average Bonchev–Trinajstić information content (AvgIpc) is 3.32. The molecule has 30 heavy (non-hydrogen) atoms. The van der Waals surface area contributed by atoms with Crippen molar-refractivity contribution in [3.05, 3.63) is 59.9 Å². The molecule has 0 N–H and O–H groups in total. The molecule has 9 nitrogen and oxygen atoms in total. The summed E-state index contributed by atoms with van der Waals surface area (Å²) in [4.78, 5) is 40.0. The second-order valence-corrected chi connectivity index (χ2v) is 6.81. The molecule has 3 heterocycles. The highest BCUT2D eigenvalue weighted by molar-refractivity contribution is 5.93. The SMILES string of the molecule is CC(=O)Oc1ccccc1C(=O)OC1CO[C@H]2[C@@H]1OC[C@H]2OC(=O)c1cccnc1. The van der Waals surface area contributed by atoms with Gasteiger partial charge in [0.05, 0.1) is 18.8 Å². The van der Waals surface area contributed by atoms with E-state index in [2.05, 4.69) is 4.98 Å². The Labute approximate surface area is 171 Å². The Bertz CT molecular complexity index is 947. The molecule has 0 aliphatic carbocycles. The molecule has 2 aliphatic heterocycles. The molecule has 1 unspecified atom stereocenters. The van der Waals surface area contributed by atoms with E-state index in [-0.39, 0.29) is 24.5 Å². The summed E-state index contributed by atoms with van der Waals surface area (Å²) in [7, 11) is 0. The molecule has 2 aliphatic rings. The Morgan fingerprint density at radius 2 is 1.60 bits per heavy atom. The molecule has 0 radical (unpaired) electrons. The van der Waals surface area contributed by atoms with Gasteiger partial charge in [0.25, 0.3) is 0 Å². The van der Waals surface area contributed by atoms with Crippen molar-refractivity contribution >= 4 is 17.9 Å². The average molecular weight is 413 g/mol. The molecule has 2 saturated heterocycles. The van der Waals surface area contributed by atoms with Gasteiger partial charge in [0.2, 0.25) is 0 Å². The third-order valence-corrected chi connectivity index (χ3v) is 4.74. The van der Waals surface area contributed by atoms with Crippen LogP contribution in [0.25, 0.3) is 0 Å². The minimum absolute atomic E-state index is 0.0950. The Kier molecular flexibility index (Phi) is 5.73. The van der Waals surface area contributed by atoms with Gasteiger partial charge in [-0.05, 0) is 24.3 Å². The van der Waals surface area contributed by atoms with Crippen LogP contribution < -0.4 is 4.74 Å². The standard InChI is InChI=1S/C21H19NO8/c1-12(23)28-15-7-3-2-6-14(15)21(25)30-17-11-27-18-16(10-26-19(17)18)29-20(24)13-5-4-8-22-9-13/h2-9,16-19H,10-11H2,1H3/t16-,17?,18-,19-/m1/s1. The van der Waals surface area contributed by atoms with Gasteiger partial charge in [-0.15, -0.1) is 0 Å². The quantitative estimate of drug-likeness (QED) is 0.532. The number of hydrogen-bond acceptors (Lipinski definition) is 9. The van der Waals surface area contributed by atoms with E-state index in [0.717, 1.165) is 0 Å². The number of benzene rings is 1. The molecule has 0 bridgehead atoms. The van der Waals surface area contributed by atoms with Crippen molar-refractivity contribution in [1.82, 2.24) is 4.98 Å². The summed E-state index contributed by atoms with van der Waals surface area (Å²) in [6.07, 6.45) is 0.545. The first-order chi connectivity index (χ1) is 14.5. The Balaban J connectivity index is 1.39. The normalized spacial score (nSPS) is 24.7. The third kappa shape index (κ3) is 4.17. The van der Waals surface area contributed by atoms with Crippen LogP contribution in [-0.4, -0.2) is 60.5 Å². The summed E-state index contributed by atoms with van der Waals surface area (Å²) in [5.41, 5.74) is 0.442. The fourth-order valence-corrected chi connectivity index (χ4v) is 3.40. The molecule has 1 aromatic heterocycles. The van der Waals surface area contributed by atoms with Gasteiger partial charge in [0.1, 0.15) is 23.5 Å². The number of aromatic nitrogens is 1. The van der Waals surface area contributed by atoms with Gasteiger partial charge >= 0.3 is 17.9 Å². The lowest BCUT2D eigenvalue weighted by molar-refractivity contribution is -0.131. The number of pyridine rings is 1. The summed E-state index contributed by atoms with van der Waals surface area (Å²) in [6, 6.07) is 9.53. The molecule has 4 rings (SSSR count). The van der Waals surface area contributed by atoms with E-state index in [9.17, 15) is 14.4 Å². The third-order valence-electron chi connectivity index (χ3n) is 4.74. The topological polar surface area (TPSA) is 110 Å². The van der Waals surface area contributed by atoms with Crippen molar-refractivity contribution in [3.8, 4) is 5.75 Å². The van der Waals surface area contributed by atoms with Crippen molar-refractivity contribution < 1.29 is 38.1 Å². The zero-order valence-electron chi connectivity index (χ0n) is 16.1. The monoisotopic (exact) mass is 413 g/mol. The highest BCUT2D eigenvalue weighted by Crippen LogP contribution is 2.32. The highest BCUT2D eigenvalue weighted by atomic mass is 16.7. The van der Waals surface area contributed by atoms with Gasteiger partial charge in [0, 0.05) is 19.3 Å². The summed E-state index contributed by atoms with van der Waals surface area (Å²) >= 11 is 0. The first kappa shape index (κ1) is 20.0. The zero-order chi connectivity index (χ0) is 21.1. The van der Waals surface area contributed by atoms with E-state index in [4.69, 9.17) is 23.7 Å². The smallest absolute Gasteiger partial charge is 0.342 e. The Hall–Kier alpha value is -3.30. The fourth-order valence-electron chi connectivity index (χ4n) is 3.40. The summed E-state index contributed by atoms with van der Waals surface area (Å²) in [6.45, 7) is 1.47. The predicted octanol–water partition coefficient (Wildman–Crippen LogP) is 1.56. The molecule has 2 aromatic rings. The van der Waals surface area contributed by atoms with Gasteiger partial charge in [-0.3, -0.25) is 9.78 Å². The first-order valence-corrected chi connectivity index (χ1v) is 9.35. The maximum Gasteiger partial charge on any atom is 0.342 e. The molecule has 2 fully saturated rings. The number of ether oxygens (including phenoxy) is 5. The Morgan fingerprint density at radius 1 is 0.933 bits per heavy atom. The maximum atomic E-state index is 12.6. The van der Waals surface area contributed by atoms with Crippen molar-refractivity contribution in [2.45, 2.75) is 31.3 Å². The van der Waals surface area contributed by atoms with Crippen LogP contribution in [0.4, 0.5) is 0 Å². The minimum atomic E-state index is -0.685. The largest absolute Gasteiger partial charge is 0.453 e. The van der Waals surface area contributed by atoms with Crippen molar-refractivity contribution in [3.63, 3.8) is 0 Å². The number of carbonyl (C=O) groups excluding carboxylic acids is 3. The zero-order valence-corrected chi connectivity index (χ0v) is 16.1. The molecule has 0 spiro atoms. The first-order valence-electron chi connectivity index (χ1n) is 9.35. The summed E-state index contributed by atoms with van der Waals surface area (Å²) in [5.74, 6) is -1.63. The van der Waals surface area contributed by atoms with E-state index < -0.39 is 42.3 Å². The van der Waals surface area contributed by atoms with Crippen LogP contribution in [-0.2, 0) is 23.7 Å². The molecule has 1 aromatic carbocycles. The van der Waals surface area contributed by atoms with Gasteiger partial charge < -0.3 is 23.7 Å². The highest BCUT2D eigenvalue weighted by Gasteiger charge is 2.51. The molecule has 0 amide bonds. The molecule has 9 heteroatoms. The van der Waals surface area contributed by atoms with E-state index in [1.165, 1.54) is 25.3 Å². The van der Waals surface area contributed by atoms with E-state index in [0.29, 0.717) is 5.56 Å². The van der Waals surface area contributed by atoms with Crippen molar-refractivity contribution in [2.75, 3.05) is 13.2 Å². The predicted molar refractivity (Wildman–Crippen MR) is 99.9 cm³/mol. The number of esters is 3. The van der Waals surface area contributed by atoms with E-state index >= 15 is 0 Å².